The van der Waals surface area contributed by atoms with Crippen LogP contribution < -0.4 is 4.90 Å². The summed E-state index contributed by atoms with van der Waals surface area (Å²) in [5, 5.41) is 0.879. The maximum atomic E-state index is 13.9. The monoisotopic (exact) mass is 651 g/mol. The van der Waals surface area contributed by atoms with Crippen LogP contribution in [-0.2, 0) is 30.2 Å². The number of carbonyl (C=O) groups is 2. The second-order valence-corrected chi connectivity index (χ2v) is 14.3. The number of benzene rings is 2. The van der Waals surface area contributed by atoms with Crippen LogP contribution in [0.3, 0.4) is 0 Å². The third-order valence-corrected chi connectivity index (χ3v) is 9.80. The first-order chi connectivity index (χ1) is 23.2. The first-order valence-corrected chi connectivity index (χ1v) is 17.1. The number of fused-ring (bicyclic) bond motifs is 11. The number of carbonyl (C=O) groups excluding carboxylic acids is 2. The third kappa shape index (κ3) is 5.78. The molecule has 2 aromatic heterocycles. The Morgan fingerprint density at radius 1 is 1.02 bits per heavy atom. The van der Waals surface area contributed by atoms with Crippen molar-refractivity contribution in [1.29, 1.82) is 0 Å². The number of esters is 1. The molecule has 1 unspecified atom stereocenters. The lowest BCUT2D eigenvalue weighted by molar-refractivity contribution is -0.156. The molecule has 11 heteroatoms. The molecule has 0 radical (unpaired) electrons. The lowest BCUT2D eigenvalue weighted by Gasteiger charge is -2.35. The second kappa shape index (κ2) is 12.2. The number of rotatable bonds is 1. The van der Waals surface area contributed by atoms with E-state index < -0.39 is 11.6 Å². The van der Waals surface area contributed by atoms with Crippen molar-refractivity contribution in [3.05, 3.63) is 59.9 Å². The van der Waals surface area contributed by atoms with Crippen LogP contribution >= 0.6 is 0 Å². The number of piperidine rings is 1. The number of hydrogen-bond acceptors (Lipinski definition) is 10. The Morgan fingerprint density at radius 3 is 2.65 bits per heavy atom. The quantitative estimate of drug-likeness (QED) is 0.239. The third-order valence-electron chi connectivity index (χ3n) is 9.80. The highest BCUT2D eigenvalue weighted by Gasteiger charge is 2.45. The number of ether oxygens (including phenoxy) is 3. The molecule has 48 heavy (non-hydrogen) atoms. The summed E-state index contributed by atoms with van der Waals surface area (Å²) in [4.78, 5) is 45.8. The maximum absolute atomic E-state index is 13.9. The van der Waals surface area contributed by atoms with Crippen LogP contribution in [0.1, 0.15) is 63.8 Å². The Hall–Kier alpha value is -4.51. The molecular weight excluding hydrogens is 610 g/mol. The molecule has 2 saturated heterocycles. The van der Waals surface area contributed by atoms with Crippen LogP contribution in [0.25, 0.3) is 22.1 Å². The molecule has 9 rings (SSSR count). The van der Waals surface area contributed by atoms with Gasteiger partial charge >= 0.3 is 5.97 Å². The molecule has 0 aliphatic carbocycles. The van der Waals surface area contributed by atoms with Gasteiger partial charge in [-0.3, -0.25) is 4.79 Å². The van der Waals surface area contributed by atoms with E-state index in [1.165, 1.54) is 0 Å². The lowest BCUT2D eigenvalue weighted by atomic mass is 9.80. The van der Waals surface area contributed by atoms with Gasteiger partial charge in [0.05, 0.1) is 18.2 Å². The Balaban J connectivity index is 1.21. The Kier molecular flexibility index (Phi) is 7.82. The maximum Gasteiger partial charge on any atom is 0.329 e. The summed E-state index contributed by atoms with van der Waals surface area (Å²) in [6.45, 7) is 7.83. The van der Waals surface area contributed by atoms with Crippen molar-refractivity contribution in [3.63, 3.8) is 0 Å². The van der Waals surface area contributed by atoms with Gasteiger partial charge in [0.1, 0.15) is 41.3 Å². The molecule has 5 aliphatic rings. The van der Waals surface area contributed by atoms with E-state index in [1.54, 1.807) is 0 Å². The van der Waals surface area contributed by atoms with Crippen molar-refractivity contribution in [2.24, 2.45) is 10.9 Å². The van der Waals surface area contributed by atoms with Gasteiger partial charge in [0.15, 0.2) is 17.3 Å². The smallest absolute Gasteiger partial charge is 0.329 e. The van der Waals surface area contributed by atoms with Crippen LogP contribution in [0.4, 0.5) is 11.5 Å². The van der Waals surface area contributed by atoms with Gasteiger partial charge in [-0.1, -0.05) is 30.3 Å². The SMILES string of the molecule is CC(C)(C)OC(=O)[C@@H]1C[C@H]2CN1c1nc(nc3c1oc1ccccc13)CCCOCC(=O)N1CCC(CC1)C1C(=Nc3ccccc31)O2. The number of nitrogens with zero attached hydrogens (tertiary/aromatic N) is 5. The minimum atomic E-state index is -0.670. The predicted molar refractivity (Wildman–Crippen MR) is 181 cm³/mol. The van der Waals surface area contributed by atoms with Gasteiger partial charge in [-0.2, -0.15) is 0 Å². The molecule has 5 aliphatic heterocycles. The van der Waals surface area contributed by atoms with Crippen molar-refractivity contribution >= 4 is 51.3 Å². The zero-order valence-corrected chi connectivity index (χ0v) is 27.7. The normalized spacial score (nSPS) is 24.8. The Labute approximate surface area is 279 Å². The first-order valence-electron chi connectivity index (χ1n) is 17.1. The number of furan rings is 1. The van der Waals surface area contributed by atoms with E-state index in [9.17, 15) is 9.59 Å². The van der Waals surface area contributed by atoms with E-state index in [1.807, 2.05) is 73.0 Å². The summed E-state index contributed by atoms with van der Waals surface area (Å²) in [5.41, 5.74) is 3.31. The fraction of sp³-hybridized carbons (Fsp3) is 0.486. The summed E-state index contributed by atoms with van der Waals surface area (Å²) in [5.74, 6) is 1.75. The molecule has 1 amide bonds. The molecule has 0 saturated carbocycles. The Morgan fingerprint density at radius 2 is 1.81 bits per heavy atom. The molecule has 250 valence electrons. The van der Waals surface area contributed by atoms with Gasteiger partial charge in [0.25, 0.3) is 0 Å². The molecular formula is C37H41N5O6. The standard InChI is InChI=1S/C37H41N5O6/c1-37(2,3)48-36(44)27-19-23-20-42(27)34-33-32(25-10-5-7-12-28(25)47-33)39-29(40-34)13-8-18-45-21-30(43)41-16-14-22(15-17-41)31-24-9-4-6-11-26(24)38-35(31)46-23/h4-7,9-12,22-23,27,31H,8,13-21H2,1-3H3/t23-,27-,31?/m0/s1. The largest absolute Gasteiger partial charge is 0.475 e. The average Bonchev–Trinajstić information content (AvgIpc) is 3.76. The van der Waals surface area contributed by atoms with Crippen LogP contribution in [-0.4, -0.2) is 83.2 Å². The summed E-state index contributed by atoms with van der Waals surface area (Å²) >= 11 is 0. The van der Waals surface area contributed by atoms with E-state index >= 15 is 0 Å². The summed E-state index contributed by atoms with van der Waals surface area (Å²) in [7, 11) is 0. The zero-order valence-electron chi connectivity index (χ0n) is 27.7. The summed E-state index contributed by atoms with van der Waals surface area (Å²) in [6.07, 6.45) is 2.90. The highest BCUT2D eigenvalue weighted by Crippen LogP contribution is 2.45. The molecule has 4 aromatic rings. The van der Waals surface area contributed by atoms with E-state index in [2.05, 4.69) is 6.07 Å². The zero-order chi connectivity index (χ0) is 33.0. The number of anilines is 1. The van der Waals surface area contributed by atoms with Crippen molar-refractivity contribution < 1.29 is 28.2 Å². The molecule has 0 N–H and O–H groups in total. The van der Waals surface area contributed by atoms with Crippen LogP contribution in [0.15, 0.2) is 57.9 Å². The van der Waals surface area contributed by atoms with Crippen LogP contribution in [0, 0.1) is 5.92 Å². The van der Waals surface area contributed by atoms with E-state index in [4.69, 9.17) is 33.6 Å². The fourth-order valence-corrected chi connectivity index (χ4v) is 7.60. The van der Waals surface area contributed by atoms with Crippen molar-refractivity contribution in [1.82, 2.24) is 14.9 Å². The number of hydrogen-bond donors (Lipinski definition) is 0. The highest BCUT2D eigenvalue weighted by molar-refractivity contribution is 6.06. The Bertz CT molecular complexity index is 1910. The van der Waals surface area contributed by atoms with Crippen LogP contribution in [0.2, 0.25) is 0 Å². The van der Waals surface area contributed by atoms with Gasteiger partial charge in [-0.05, 0) is 69.7 Å². The molecule has 0 spiro atoms. The van der Waals surface area contributed by atoms with Crippen molar-refractivity contribution in [2.45, 2.75) is 76.5 Å². The van der Waals surface area contributed by atoms with Gasteiger partial charge in [-0.15, -0.1) is 0 Å². The molecule has 7 heterocycles. The molecule has 2 aromatic carbocycles. The summed E-state index contributed by atoms with van der Waals surface area (Å²) in [6, 6.07) is 15.3. The number of aromatic nitrogens is 2. The van der Waals surface area contributed by atoms with Gasteiger partial charge < -0.3 is 28.4 Å². The van der Waals surface area contributed by atoms with Gasteiger partial charge in [0, 0.05) is 37.9 Å². The van der Waals surface area contributed by atoms with Crippen molar-refractivity contribution in [3.8, 4) is 0 Å². The van der Waals surface area contributed by atoms with Gasteiger partial charge in [-0.25, -0.2) is 19.8 Å². The topological polar surface area (TPSA) is 120 Å². The lowest BCUT2D eigenvalue weighted by Crippen LogP contribution is -2.42. The minimum absolute atomic E-state index is 0.0199. The number of aliphatic imine (C=N–C) groups is 1. The molecule has 2 fully saturated rings. The van der Waals surface area contributed by atoms with E-state index in [0.29, 0.717) is 79.7 Å². The van der Waals surface area contributed by atoms with Crippen LogP contribution in [0.5, 0.6) is 0 Å². The minimum Gasteiger partial charge on any atom is -0.475 e. The summed E-state index contributed by atoms with van der Waals surface area (Å²) < 4.78 is 25.1. The first kappa shape index (κ1) is 30.8. The van der Waals surface area contributed by atoms with Crippen molar-refractivity contribution in [2.75, 3.05) is 37.7 Å². The number of aryl methyl sites for hydroxylation is 1. The van der Waals surface area contributed by atoms with Gasteiger partial charge in [0.2, 0.25) is 5.91 Å². The van der Waals surface area contributed by atoms with E-state index in [0.717, 1.165) is 29.5 Å². The highest BCUT2D eigenvalue weighted by atomic mass is 16.6. The average molecular weight is 652 g/mol. The fourth-order valence-electron chi connectivity index (χ4n) is 7.60. The molecule has 6 bridgehead atoms. The molecule has 11 nitrogen and oxygen atoms in total. The predicted octanol–water partition coefficient (Wildman–Crippen LogP) is 5.71. The second-order valence-electron chi connectivity index (χ2n) is 14.3. The number of amides is 1. The number of para-hydroxylation sites is 2. The van der Waals surface area contributed by atoms with E-state index in [-0.39, 0.29) is 36.4 Å². The molecule has 3 atom stereocenters.